The van der Waals surface area contributed by atoms with Crippen LogP contribution < -0.4 is 14.4 Å². The second kappa shape index (κ2) is 8.77. The molecular weight excluding hydrogens is 424 g/mol. The van der Waals surface area contributed by atoms with Crippen molar-refractivity contribution in [3.63, 3.8) is 0 Å². The fourth-order valence-electron chi connectivity index (χ4n) is 2.92. The zero-order valence-corrected chi connectivity index (χ0v) is 18.3. The number of nitrogens with zero attached hydrogens (tertiary/aromatic N) is 1. The molecule has 0 unspecified atom stereocenters. The van der Waals surface area contributed by atoms with E-state index in [1.807, 2.05) is 0 Å². The van der Waals surface area contributed by atoms with Crippen LogP contribution in [-0.4, -0.2) is 28.5 Å². The average Bonchev–Trinajstić information content (AvgIpc) is 2.76. The van der Waals surface area contributed by atoms with Crippen LogP contribution in [0.1, 0.15) is 15.9 Å². The molecule has 1 N–H and O–H groups in total. The summed E-state index contributed by atoms with van der Waals surface area (Å²) in [7, 11) is -1.06. The third kappa shape index (κ3) is 4.27. The topological polar surface area (TPSA) is 75.7 Å². The summed E-state index contributed by atoms with van der Waals surface area (Å²) in [5.41, 5.74) is 1.66. The summed E-state index contributed by atoms with van der Waals surface area (Å²) in [5, 5.41) is 3.23. The number of halogens is 1. The molecule has 0 aliphatic heterocycles. The van der Waals surface area contributed by atoms with Crippen LogP contribution in [0, 0.1) is 6.92 Å². The summed E-state index contributed by atoms with van der Waals surface area (Å²) < 4.78 is 32.9. The van der Waals surface area contributed by atoms with Gasteiger partial charge in [0.25, 0.3) is 15.9 Å². The number of amides is 1. The number of sulfonamides is 1. The minimum Gasteiger partial charge on any atom is -0.495 e. The number of carbonyl (C=O) groups excluding carboxylic acids is 1. The highest BCUT2D eigenvalue weighted by molar-refractivity contribution is 7.92. The molecule has 8 heteroatoms. The summed E-state index contributed by atoms with van der Waals surface area (Å²) in [6, 6.07) is 18.0. The standard InChI is InChI=1S/C22H21ClN2O4S/c1-15-13-19(20(29-3)14-18(15)23)24-22(26)17-11-7-8-12-21(17)30(27,28)25(2)16-9-5-4-6-10-16/h4-14H,1-3H3,(H,24,26). The van der Waals surface area contributed by atoms with Crippen LogP contribution in [-0.2, 0) is 10.0 Å². The lowest BCUT2D eigenvalue weighted by Gasteiger charge is -2.21. The Hall–Kier alpha value is -3.03. The van der Waals surface area contributed by atoms with Gasteiger partial charge < -0.3 is 10.1 Å². The highest BCUT2D eigenvalue weighted by Gasteiger charge is 2.27. The molecule has 0 heterocycles. The van der Waals surface area contributed by atoms with Gasteiger partial charge in [0.15, 0.2) is 0 Å². The molecule has 1 amide bonds. The highest BCUT2D eigenvalue weighted by atomic mass is 35.5. The highest BCUT2D eigenvalue weighted by Crippen LogP contribution is 2.32. The van der Waals surface area contributed by atoms with E-state index in [0.717, 1.165) is 9.87 Å². The minimum atomic E-state index is -3.97. The number of ether oxygens (including phenoxy) is 1. The van der Waals surface area contributed by atoms with E-state index in [-0.39, 0.29) is 10.5 Å². The number of carbonyl (C=O) groups is 1. The van der Waals surface area contributed by atoms with Crippen molar-refractivity contribution in [2.75, 3.05) is 23.8 Å². The monoisotopic (exact) mass is 444 g/mol. The molecule has 3 aromatic rings. The van der Waals surface area contributed by atoms with Crippen molar-refractivity contribution in [1.82, 2.24) is 0 Å². The van der Waals surface area contributed by atoms with Gasteiger partial charge in [0, 0.05) is 18.1 Å². The number of aryl methyl sites for hydroxylation is 1. The molecule has 3 rings (SSSR count). The lowest BCUT2D eigenvalue weighted by Crippen LogP contribution is -2.29. The summed E-state index contributed by atoms with van der Waals surface area (Å²) in [5.74, 6) is -0.198. The van der Waals surface area contributed by atoms with Crippen molar-refractivity contribution in [2.24, 2.45) is 0 Å². The molecular formula is C22H21ClN2O4S. The van der Waals surface area contributed by atoms with Crippen LogP contribution in [0.25, 0.3) is 0 Å². The van der Waals surface area contributed by atoms with Crippen molar-refractivity contribution in [2.45, 2.75) is 11.8 Å². The van der Waals surface area contributed by atoms with Crippen LogP contribution >= 0.6 is 11.6 Å². The molecule has 156 valence electrons. The van der Waals surface area contributed by atoms with E-state index in [1.165, 1.54) is 26.3 Å². The lowest BCUT2D eigenvalue weighted by molar-refractivity contribution is 0.102. The largest absolute Gasteiger partial charge is 0.495 e. The van der Waals surface area contributed by atoms with Crippen molar-refractivity contribution in [1.29, 1.82) is 0 Å². The van der Waals surface area contributed by atoms with Crippen molar-refractivity contribution < 1.29 is 17.9 Å². The van der Waals surface area contributed by atoms with Crippen LogP contribution in [0.15, 0.2) is 71.6 Å². The summed E-state index contributed by atoms with van der Waals surface area (Å²) in [6.07, 6.45) is 0. The molecule has 3 aromatic carbocycles. The Kier molecular flexibility index (Phi) is 6.34. The van der Waals surface area contributed by atoms with Gasteiger partial charge in [0.05, 0.1) is 24.0 Å². The summed E-state index contributed by atoms with van der Waals surface area (Å²) in [4.78, 5) is 12.9. The summed E-state index contributed by atoms with van der Waals surface area (Å²) in [6.45, 7) is 1.80. The zero-order valence-electron chi connectivity index (χ0n) is 16.7. The second-order valence-corrected chi connectivity index (χ2v) is 8.90. The first-order valence-electron chi connectivity index (χ1n) is 9.04. The van der Waals surface area contributed by atoms with E-state index in [9.17, 15) is 13.2 Å². The maximum Gasteiger partial charge on any atom is 0.264 e. The van der Waals surface area contributed by atoms with Crippen LogP contribution in [0.5, 0.6) is 5.75 Å². The number of rotatable bonds is 6. The number of benzene rings is 3. The SMILES string of the molecule is COc1cc(Cl)c(C)cc1NC(=O)c1ccccc1S(=O)(=O)N(C)c1ccccc1. The third-order valence-electron chi connectivity index (χ3n) is 4.62. The molecule has 30 heavy (non-hydrogen) atoms. The van der Waals surface area contributed by atoms with E-state index in [1.54, 1.807) is 61.5 Å². The first-order chi connectivity index (χ1) is 14.3. The van der Waals surface area contributed by atoms with Crippen LogP contribution in [0.3, 0.4) is 0 Å². The number of methoxy groups -OCH3 is 1. The first-order valence-corrected chi connectivity index (χ1v) is 10.9. The van der Waals surface area contributed by atoms with Gasteiger partial charge in [-0.3, -0.25) is 9.10 Å². The molecule has 0 saturated carbocycles. The predicted octanol–water partition coefficient (Wildman–Crippen LogP) is 4.73. The Bertz CT molecular complexity index is 1180. The van der Waals surface area contributed by atoms with Crippen molar-refractivity contribution in [3.8, 4) is 5.75 Å². The van der Waals surface area contributed by atoms with E-state index in [0.29, 0.717) is 22.1 Å². The molecule has 0 fully saturated rings. The Morgan fingerprint density at radius 1 is 1.03 bits per heavy atom. The van der Waals surface area contributed by atoms with Gasteiger partial charge in [0.2, 0.25) is 0 Å². The molecule has 0 aromatic heterocycles. The van der Waals surface area contributed by atoms with Gasteiger partial charge in [-0.2, -0.15) is 0 Å². The van der Waals surface area contributed by atoms with Gasteiger partial charge >= 0.3 is 0 Å². The molecule has 0 saturated heterocycles. The van der Waals surface area contributed by atoms with Crippen LogP contribution in [0.4, 0.5) is 11.4 Å². The maximum absolute atomic E-state index is 13.2. The maximum atomic E-state index is 13.2. The summed E-state index contributed by atoms with van der Waals surface area (Å²) >= 11 is 6.12. The van der Waals surface area contributed by atoms with Crippen molar-refractivity contribution in [3.05, 3.63) is 82.9 Å². The average molecular weight is 445 g/mol. The Morgan fingerprint density at radius 3 is 2.33 bits per heavy atom. The number of nitrogens with one attached hydrogen (secondary N) is 1. The molecule has 0 aliphatic carbocycles. The fraction of sp³-hybridized carbons (Fsp3) is 0.136. The molecule has 0 spiro atoms. The Morgan fingerprint density at radius 2 is 1.67 bits per heavy atom. The Labute approximate surface area is 181 Å². The van der Waals surface area contributed by atoms with Gasteiger partial charge in [0.1, 0.15) is 10.6 Å². The predicted molar refractivity (Wildman–Crippen MR) is 119 cm³/mol. The third-order valence-corrected chi connectivity index (χ3v) is 6.87. The first kappa shape index (κ1) is 21.7. The van der Waals surface area contributed by atoms with E-state index in [2.05, 4.69) is 5.32 Å². The van der Waals surface area contributed by atoms with Gasteiger partial charge in [-0.05, 0) is 42.8 Å². The molecule has 6 nitrogen and oxygen atoms in total. The second-order valence-electron chi connectivity index (χ2n) is 6.56. The molecule has 0 aliphatic rings. The van der Waals surface area contributed by atoms with E-state index in [4.69, 9.17) is 16.3 Å². The molecule has 0 radical (unpaired) electrons. The number of hydrogen-bond donors (Lipinski definition) is 1. The van der Waals surface area contributed by atoms with Gasteiger partial charge in [-0.15, -0.1) is 0 Å². The number of para-hydroxylation sites is 1. The smallest absolute Gasteiger partial charge is 0.264 e. The van der Waals surface area contributed by atoms with E-state index < -0.39 is 15.9 Å². The van der Waals surface area contributed by atoms with Crippen LogP contribution in [0.2, 0.25) is 5.02 Å². The van der Waals surface area contributed by atoms with Gasteiger partial charge in [-0.1, -0.05) is 41.9 Å². The molecule has 0 atom stereocenters. The number of hydrogen-bond acceptors (Lipinski definition) is 4. The van der Waals surface area contributed by atoms with E-state index >= 15 is 0 Å². The zero-order chi connectivity index (χ0) is 21.9. The fourth-order valence-corrected chi connectivity index (χ4v) is 4.46. The quantitative estimate of drug-likeness (QED) is 0.596. The molecule has 0 bridgehead atoms. The number of anilines is 2. The normalized spacial score (nSPS) is 11.1. The lowest BCUT2D eigenvalue weighted by atomic mass is 10.1. The minimum absolute atomic E-state index is 0.0231. The van der Waals surface area contributed by atoms with Gasteiger partial charge in [-0.25, -0.2) is 8.42 Å². The Balaban J connectivity index is 2.00. The van der Waals surface area contributed by atoms with Crippen molar-refractivity contribution >= 4 is 38.9 Å².